The zero-order chi connectivity index (χ0) is 21.0. The van der Waals surface area contributed by atoms with Crippen molar-refractivity contribution >= 4 is 27.4 Å². The molecule has 3 aromatic heterocycles. The maximum absolute atomic E-state index is 5.30. The largest absolute Gasteiger partial charge is 0.497 e. The number of anilines is 1. The standard InChI is InChI=1S/C23H20N6OS/c1-30-18-9-7-16(8-10-18)19-12-31-23-21(19)22(25-14-26-23)28-20(11-29-15-24-13-27-29)17-5-3-2-4-6-17/h2-10,12-15,20H,11H2,1H3,(H,25,26,28). The van der Waals surface area contributed by atoms with Gasteiger partial charge in [-0.3, -0.25) is 4.68 Å². The second-order valence-corrected chi connectivity index (χ2v) is 7.86. The molecule has 7 nitrogen and oxygen atoms in total. The molecule has 0 radical (unpaired) electrons. The summed E-state index contributed by atoms with van der Waals surface area (Å²) in [5.41, 5.74) is 3.33. The maximum atomic E-state index is 5.30. The Labute approximate surface area is 183 Å². The molecule has 0 aliphatic heterocycles. The summed E-state index contributed by atoms with van der Waals surface area (Å²) < 4.78 is 7.12. The van der Waals surface area contributed by atoms with E-state index in [0.29, 0.717) is 6.54 Å². The van der Waals surface area contributed by atoms with Crippen molar-refractivity contribution in [3.05, 3.63) is 84.5 Å². The smallest absolute Gasteiger partial charge is 0.139 e. The molecule has 0 saturated heterocycles. The van der Waals surface area contributed by atoms with Crippen LogP contribution in [0.1, 0.15) is 11.6 Å². The van der Waals surface area contributed by atoms with Gasteiger partial charge in [0.1, 0.15) is 35.4 Å². The van der Waals surface area contributed by atoms with Crippen molar-refractivity contribution < 1.29 is 4.74 Å². The van der Waals surface area contributed by atoms with E-state index in [9.17, 15) is 0 Å². The first-order valence-corrected chi connectivity index (χ1v) is 10.7. The molecule has 0 spiro atoms. The molecule has 0 bridgehead atoms. The predicted molar refractivity (Wildman–Crippen MR) is 122 cm³/mol. The second-order valence-electron chi connectivity index (χ2n) is 7.01. The number of hydrogen-bond acceptors (Lipinski definition) is 7. The average Bonchev–Trinajstić information content (AvgIpc) is 3.50. The van der Waals surface area contributed by atoms with Crippen molar-refractivity contribution in [2.45, 2.75) is 12.6 Å². The normalized spacial score (nSPS) is 12.0. The van der Waals surface area contributed by atoms with Crippen molar-refractivity contribution in [1.29, 1.82) is 0 Å². The van der Waals surface area contributed by atoms with Crippen LogP contribution in [0.5, 0.6) is 5.75 Å². The van der Waals surface area contributed by atoms with Crippen LogP contribution in [0.25, 0.3) is 21.3 Å². The molecule has 0 aliphatic carbocycles. The molecule has 1 atom stereocenters. The predicted octanol–water partition coefficient (Wildman–Crippen LogP) is 4.81. The molecule has 1 N–H and O–H groups in total. The second kappa shape index (κ2) is 8.53. The summed E-state index contributed by atoms with van der Waals surface area (Å²) in [5, 5.41) is 11.1. The molecule has 0 amide bonds. The molecule has 0 saturated carbocycles. The molecular formula is C23H20N6OS. The van der Waals surface area contributed by atoms with Gasteiger partial charge in [0.2, 0.25) is 0 Å². The Kier molecular flexibility index (Phi) is 5.28. The first-order chi connectivity index (χ1) is 15.3. The van der Waals surface area contributed by atoms with E-state index < -0.39 is 0 Å². The lowest BCUT2D eigenvalue weighted by Gasteiger charge is -2.20. The van der Waals surface area contributed by atoms with Crippen LogP contribution in [0.3, 0.4) is 0 Å². The molecule has 5 rings (SSSR count). The van der Waals surface area contributed by atoms with Crippen LogP contribution in [0.15, 0.2) is 79.0 Å². The zero-order valence-electron chi connectivity index (χ0n) is 16.8. The van der Waals surface area contributed by atoms with Gasteiger partial charge in [-0.2, -0.15) is 5.10 Å². The monoisotopic (exact) mass is 428 g/mol. The maximum Gasteiger partial charge on any atom is 0.139 e. The number of ether oxygens (including phenoxy) is 1. The van der Waals surface area contributed by atoms with Gasteiger partial charge in [-0.15, -0.1) is 11.3 Å². The third kappa shape index (κ3) is 3.97. The van der Waals surface area contributed by atoms with Crippen LogP contribution in [-0.4, -0.2) is 31.8 Å². The van der Waals surface area contributed by atoms with Gasteiger partial charge in [0.25, 0.3) is 0 Å². The van der Waals surface area contributed by atoms with Crippen LogP contribution >= 0.6 is 11.3 Å². The van der Waals surface area contributed by atoms with Crippen LogP contribution in [-0.2, 0) is 6.54 Å². The fraction of sp³-hybridized carbons (Fsp3) is 0.130. The topological polar surface area (TPSA) is 77.8 Å². The highest BCUT2D eigenvalue weighted by atomic mass is 32.1. The van der Waals surface area contributed by atoms with E-state index in [4.69, 9.17) is 4.74 Å². The van der Waals surface area contributed by atoms with Gasteiger partial charge in [-0.1, -0.05) is 42.5 Å². The quantitative estimate of drug-likeness (QED) is 0.401. The van der Waals surface area contributed by atoms with Gasteiger partial charge in [0.15, 0.2) is 0 Å². The lowest BCUT2D eigenvalue weighted by molar-refractivity contribution is 0.415. The Hall–Kier alpha value is -3.78. The van der Waals surface area contributed by atoms with Gasteiger partial charge >= 0.3 is 0 Å². The van der Waals surface area contributed by atoms with Crippen molar-refractivity contribution in [3.8, 4) is 16.9 Å². The van der Waals surface area contributed by atoms with Gasteiger partial charge in [0, 0.05) is 10.9 Å². The van der Waals surface area contributed by atoms with Crippen molar-refractivity contribution in [2.75, 3.05) is 12.4 Å². The van der Waals surface area contributed by atoms with Gasteiger partial charge in [0.05, 0.1) is 25.1 Å². The van der Waals surface area contributed by atoms with E-state index >= 15 is 0 Å². The Balaban J connectivity index is 1.55. The van der Waals surface area contributed by atoms with Crippen LogP contribution < -0.4 is 10.1 Å². The number of hydrogen-bond donors (Lipinski definition) is 1. The Morgan fingerprint density at radius 1 is 1.03 bits per heavy atom. The summed E-state index contributed by atoms with van der Waals surface area (Å²) >= 11 is 1.61. The number of methoxy groups -OCH3 is 1. The minimum Gasteiger partial charge on any atom is -0.497 e. The number of benzene rings is 2. The van der Waals surface area contributed by atoms with E-state index in [0.717, 1.165) is 38.5 Å². The minimum absolute atomic E-state index is 0.0374. The van der Waals surface area contributed by atoms with Crippen molar-refractivity contribution in [1.82, 2.24) is 24.7 Å². The zero-order valence-corrected chi connectivity index (χ0v) is 17.7. The Morgan fingerprint density at radius 2 is 1.87 bits per heavy atom. The highest BCUT2D eigenvalue weighted by Crippen LogP contribution is 2.38. The van der Waals surface area contributed by atoms with E-state index in [-0.39, 0.29) is 6.04 Å². The highest BCUT2D eigenvalue weighted by Gasteiger charge is 2.18. The third-order valence-electron chi connectivity index (χ3n) is 5.12. The number of aromatic nitrogens is 5. The number of rotatable bonds is 7. The molecule has 5 aromatic rings. The van der Waals surface area contributed by atoms with E-state index in [1.165, 1.54) is 0 Å². The lowest BCUT2D eigenvalue weighted by Crippen LogP contribution is -2.18. The molecule has 1 unspecified atom stereocenters. The summed E-state index contributed by atoms with van der Waals surface area (Å²) in [4.78, 5) is 14.1. The first kappa shape index (κ1) is 19.2. The molecule has 2 aromatic carbocycles. The van der Waals surface area contributed by atoms with Gasteiger partial charge in [-0.05, 0) is 23.3 Å². The van der Waals surface area contributed by atoms with Gasteiger partial charge < -0.3 is 10.1 Å². The van der Waals surface area contributed by atoms with Crippen LogP contribution in [0.2, 0.25) is 0 Å². The first-order valence-electron chi connectivity index (χ1n) is 9.82. The third-order valence-corrected chi connectivity index (χ3v) is 6.01. The molecule has 31 heavy (non-hydrogen) atoms. The van der Waals surface area contributed by atoms with E-state index in [1.54, 1.807) is 37.4 Å². The number of nitrogens with zero attached hydrogens (tertiary/aromatic N) is 5. The molecule has 3 heterocycles. The summed E-state index contributed by atoms with van der Waals surface area (Å²) in [7, 11) is 1.67. The Bertz CT molecular complexity index is 1270. The highest BCUT2D eigenvalue weighted by molar-refractivity contribution is 7.17. The number of fused-ring (bicyclic) bond motifs is 1. The minimum atomic E-state index is -0.0374. The molecular weight excluding hydrogens is 408 g/mol. The molecule has 154 valence electrons. The van der Waals surface area contributed by atoms with Crippen LogP contribution in [0.4, 0.5) is 5.82 Å². The molecule has 0 fully saturated rings. The van der Waals surface area contributed by atoms with Gasteiger partial charge in [-0.25, -0.2) is 15.0 Å². The summed E-state index contributed by atoms with van der Waals surface area (Å²) in [5.74, 6) is 1.63. The summed E-state index contributed by atoms with van der Waals surface area (Å²) in [6.07, 6.45) is 4.88. The Morgan fingerprint density at radius 3 is 2.61 bits per heavy atom. The summed E-state index contributed by atoms with van der Waals surface area (Å²) in [6, 6.07) is 18.3. The molecule has 0 aliphatic rings. The van der Waals surface area contributed by atoms with Crippen molar-refractivity contribution in [2.24, 2.45) is 0 Å². The van der Waals surface area contributed by atoms with E-state index in [2.05, 4.69) is 55.0 Å². The summed E-state index contributed by atoms with van der Waals surface area (Å²) in [6.45, 7) is 0.623. The fourth-order valence-electron chi connectivity index (χ4n) is 3.57. The number of nitrogens with one attached hydrogen (secondary N) is 1. The van der Waals surface area contributed by atoms with Crippen molar-refractivity contribution in [3.63, 3.8) is 0 Å². The fourth-order valence-corrected chi connectivity index (χ4v) is 4.48. The average molecular weight is 429 g/mol. The SMILES string of the molecule is COc1ccc(-c2csc3ncnc(NC(Cn4cncn4)c4ccccc4)c23)cc1. The van der Waals surface area contributed by atoms with Crippen LogP contribution in [0, 0.1) is 0 Å². The number of thiophene rings is 1. The lowest BCUT2D eigenvalue weighted by atomic mass is 10.0. The molecule has 8 heteroatoms. The van der Waals surface area contributed by atoms with E-state index in [1.807, 2.05) is 35.0 Å².